The molecule has 0 saturated carbocycles. The number of rotatable bonds is 2. The van der Waals surface area contributed by atoms with Crippen LogP contribution in [-0.4, -0.2) is 32.0 Å². The average Bonchev–Trinajstić information content (AvgIpc) is 2.45. The fraction of sp³-hybridized carbons (Fsp3) is 1.00. The molecule has 0 aromatic carbocycles. The lowest BCUT2D eigenvalue weighted by Crippen LogP contribution is -2.40. The molecule has 0 bridgehead atoms. The first-order chi connectivity index (χ1) is 7.35. The van der Waals surface area contributed by atoms with Crippen molar-refractivity contribution in [1.82, 2.24) is 0 Å². The van der Waals surface area contributed by atoms with Crippen LogP contribution in [0.2, 0.25) is 0 Å². The van der Waals surface area contributed by atoms with E-state index < -0.39 is 0 Å². The maximum Gasteiger partial charge on any atom is 0.0708 e. The Hall–Kier alpha value is -0.120. The number of ether oxygens (including phenoxy) is 2. The fourth-order valence-corrected chi connectivity index (χ4v) is 2.94. The molecule has 0 aromatic heterocycles. The van der Waals surface area contributed by atoms with Gasteiger partial charge in [-0.15, -0.1) is 0 Å². The molecule has 0 aliphatic carbocycles. The van der Waals surface area contributed by atoms with Gasteiger partial charge in [0.05, 0.1) is 5.60 Å². The average molecular weight is 213 g/mol. The number of hydrogen-bond donors (Lipinski definition) is 1. The molecular formula is C12H23NO2. The second kappa shape index (κ2) is 5.28. The summed E-state index contributed by atoms with van der Waals surface area (Å²) in [7, 11) is 0. The highest BCUT2D eigenvalue weighted by Crippen LogP contribution is 2.38. The molecule has 2 saturated heterocycles. The molecule has 2 fully saturated rings. The molecule has 2 unspecified atom stereocenters. The van der Waals surface area contributed by atoms with Crippen molar-refractivity contribution in [3.05, 3.63) is 0 Å². The van der Waals surface area contributed by atoms with Crippen molar-refractivity contribution in [3.63, 3.8) is 0 Å². The van der Waals surface area contributed by atoms with Crippen LogP contribution in [0.1, 0.15) is 38.5 Å². The molecule has 0 aromatic rings. The van der Waals surface area contributed by atoms with E-state index in [1.807, 2.05) is 0 Å². The maximum absolute atomic E-state index is 6.04. The molecule has 2 heterocycles. The van der Waals surface area contributed by atoms with Gasteiger partial charge in [0.15, 0.2) is 0 Å². The van der Waals surface area contributed by atoms with Crippen LogP contribution in [0, 0.1) is 5.92 Å². The van der Waals surface area contributed by atoms with Gasteiger partial charge in [0.25, 0.3) is 0 Å². The standard InChI is InChI=1S/C12H23NO2/c13-6-2-11-3-8-15-12(10-11)4-1-7-14-9-5-12/h11H,1-10,13H2. The quantitative estimate of drug-likeness (QED) is 0.759. The molecule has 3 nitrogen and oxygen atoms in total. The molecule has 2 rings (SSSR count). The van der Waals surface area contributed by atoms with Crippen LogP contribution in [-0.2, 0) is 9.47 Å². The summed E-state index contributed by atoms with van der Waals surface area (Å²) in [4.78, 5) is 0. The Morgan fingerprint density at radius 2 is 2.13 bits per heavy atom. The van der Waals surface area contributed by atoms with Crippen LogP contribution in [0.3, 0.4) is 0 Å². The van der Waals surface area contributed by atoms with Gasteiger partial charge in [-0.1, -0.05) is 0 Å². The third-order valence-electron chi connectivity index (χ3n) is 3.79. The van der Waals surface area contributed by atoms with Gasteiger partial charge < -0.3 is 15.2 Å². The molecule has 15 heavy (non-hydrogen) atoms. The van der Waals surface area contributed by atoms with Crippen molar-refractivity contribution in [2.75, 3.05) is 26.4 Å². The zero-order valence-corrected chi connectivity index (χ0v) is 9.54. The Labute approximate surface area is 92.3 Å². The third kappa shape index (κ3) is 2.92. The zero-order chi connectivity index (χ0) is 10.6. The topological polar surface area (TPSA) is 44.5 Å². The van der Waals surface area contributed by atoms with E-state index in [1.54, 1.807) is 0 Å². The molecule has 1 spiro atoms. The van der Waals surface area contributed by atoms with E-state index in [0.717, 1.165) is 51.5 Å². The lowest BCUT2D eigenvalue weighted by Gasteiger charge is -2.40. The van der Waals surface area contributed by atoms with Crippen LogP contribution in [0.15, 0.2) is 0 Å². The molecule has 88 valence electrons. The minimum atomic E-state index is 0.134. The summed E-state index contributed by atoms with van der Waals surface area (Å²) in [6.07, 6.45) is 6.96. The highest BCUT2D eigenvalue weighted by atomic mass is 16.5. The zero-order valence-electron chi connectivity index (χ0n) is 9.54. The minimum absolute atomic E-state index is 0.134. The summed E-state index contributed by atoms with van der Waals surface area (Å²) >= 11 is 0. The summed E-state index contributed by atoms with van der Waals surface area (Å²) in [6.45, 7) is 3.52. The Morgan fingerprint density at radius 1 is 1.20 bits per heavy atom. The Bertz CT molecular complexity index is 186. The van der Waals surface area contributed by atoms with Crippen molar-refractivity contribution < 1.29 is 9.47 Å². The van der Waals surface area contributed by atoms with E-state index in [2.05, 4.69) is 0 Å². The van der Waals surface area contributed by atoms with Gasteiger partial charge in [-0.25, -0.2) is 0 Å². The third-order valence-corrected chi connectivity index (χ3v) is 3.79. The van der Waals surface area contributed by atoms with Crippen molar-refractivity contribution in [1.29, 1.82) is 0 Å². The fourth-order valence-electron chi connectivity index (χ4n) is 2.94. The van der Waals surface area contributed by atoms with E-state index >= 15 is 0 Å². The highest BCUT2D eigenvalue weighted by molar-refractivity contribution is 4.88. The van der Waals surface area contributed by atoms with Crippen LogP contribution in [0.25, 0.3) is 0 Å². The molecule has 0 radical (unpaired) electrons. The Kier molecular flexibility index (Phi) is 4.00. The van der Waals surface area contributed by atoms with E-state index in [1.165, 1.54) is 19.3 Å². The van der Waals surface area contributed by atoms with Crippen LogP contribution < -0.4 is 5.73 Å². The van der Waals surface area contributed by atoms with Gasteiger partial charge in [0.2, 0.25) is 0 Å². The van der Waals surface area contributed by atoms with Crippen LogP contribution in [0.5, 0.6) is 0 Å². The Morgan fingerprint density at radius 3 is 3.00 bits per heavy atom. The first-order valence-corrected chi connectivity index (χ1v) is 6.26. The summed E-state index contributed by atoms with van der Waals surface area (Å²) in [5, 5.41) is 0. The minimum Gasteiger partial charge on any atom is -0.381 e. The van der Waals surface area contributed by atoms with E-state index in [-0.39, 0.29) is 5.60 Å². The maximum atomic E-state index is 6.04. The summed E-state index contributed by atoms with van der Waals surface area (Å²) in [5.74, 6) is 0.779. The van der Waals surface area contributed by atoms with Gasteiger partial charge >= 0.3 is 0 Å². The predicted molar refractivity (Wildman–Crippen MR) is 59.7 cm³/mol. The van der Waals surface area contributed by atoms with E-state index in [9.17, 15) is 0 Å². The Balaban J connectivity index is 1.93. The second-order valence-electron chi connectivity index (χ2n) is 4.93. The number of hydrogen-bond acceptors (Lipinski definition) is 3. The van der Waals surface area contributed by atoms with Gasteiger partial charge in [-0.05, 0) is 51.0 Å². The smallest absolute Gasteiger partial charge is 0.0708 e. The van der Waals surface area contributed by atoms with Crippen LogP contribution >= 0.6 is 0 Å². The molecule has 3 heteroatoms. The molecule has 2 aliphatic rings. The molecule has 2 aliphatic heterocycles. The normalized spacial score (nSPS) is 37.8. The largest absolute Gasteiger partial charge is 0.381 e. The van der Waals surface area contributed by atoms with E-state index in [0.29, 0.717) is 0 Å². The molecule has 2 N–H and O–H groups in total. The monoisotopic (exact) mass is 213 g/mol. The summed E-state index contributed by atoms with van der Waals surface area (Å²) in [6, 6.07) is 0. The highest BCUT2D eigenvalue weighted by Gasteiger charge is 2.37. The molecule has 2 atom stereocenters. The van der Waals surface area contributed by atoms with Gasteiger partial charge in [-0.2, -0.15) is 0 Å². The van der Waals surface area contributed by atoms with Crippen molar-refractivity contribution in [2.45, 2.75) is 44.1 Å². The van der Waals surface area contributed by atoms with E-state index in [4.69, 9.17) is 15.2 Å². The first-order valence-electron chi connectivity index (χ1n) is 6.26. The van der Waals surface area contributed by atoms with Gasteiger partial charge in [-0.3, -0.25) is 0 Å². The molecule has 0 amide bonds. The van der Waals surface area contributed by atoms with Crippen LogP contribution in [0.4, 0.5) is 0 Å². The first kappa shape index (κ1) is 11.4. The SMILES string of the molecule is NCCC1CCOC2(CCCOCC2)C1. The lowest BCUT2D eigenvalue weighted by atomic mass is 9.80. The predicted octanol–water partition coefficient (Wildman–Crippen LogP) is 1.70. The van der Waals surface area contributed by atoms with Gasteiger partial charge in [0.1, 0.15) is 0 Å². The summed E-state index contributed by atoms with van der Waals surface area (Å²) in [5.41, 5.74) is 5.78. The second-order valence-corrected chi connectivity index (χ2v) is 4.93. The van der Waals surface area contributed by atoms with Gasteiger partial charge in [0, 0.05) is 19.8 Å². The summed E-state index contributed by atoms with van der Waals surface area (Å²) < 4.78 is 11.6. The molecular weight excluding hydrogens is 190 g/mol. The lowest BCUT2D eigenvalue weighted by molar-refractivity contribution is -0.108. The van der Waals surface area contributed by atoms with Crippen molar-refractivity contribution >= 4 is 0 Å². The number of nitrogens with two attached hydrogens (primary N) is 1. The van der Waals surface area contributed by atoms with Crippen molar-refractivity contribution in [3.8, 4) is 0 Å². The van der Waals surface area contributed by atoms with Crippen molar-refractivity contribution in [2.24, 2.45) is 11.7 Å².